The minimum Gasteiger partial charge on any atom is -0.497 e. The minimum atomic E-state index is -1.03. The number of nitrogens with zero attached hydrogens (tertiary/aromatic N) is 3. The number of carbonyl (C=O) groups excluding carboxylic acids is 3. The van der Waals surface area contributed by atoms with Crippen molar-refractivity contribution < 1.29 is 91.5 Å². The first kappa shape index (κ1) is 77.1. The van der Waals surface area contributed by atoms with Crippen molar-refractivity contribution >= 4 is 35.8 Å². The Hall–Kier alpha value is -9.26. The predicted octanol–water partition coefficient (Wildman–Crippen LogP) is 9.16. The number of methoxy groups -OCH3 is 3. The lowest BCUT2D eigenvalue weighted by molar-refractivity contribution is -0.154. The van der Waals surface area contributed by atoms with Crippen LogP contribution in [0.15, 0.2) is 146 Å². The maximum Gasteiger partial charge on any atom is 0.306 e. The molecule has 0 spiro atoms. The van der Waals surface area contributed by atoms with Gasteiger partial charge in [-0.1, -0.05) is 91.0 Å². The zero-order chi connectivity index (χ0) is 70.4. The summed E-state index contributed by atoms with van der Waals surface area (Å²) in [5, 5.41) is 29.7. The van der Waals surface area contributed by atoms with Crippen LogP contribution in [0.4, 0.5) is 0 Å². The molecular formula is C76H96N4O19. The van der Waals surface area contributed by atoms with Gasteiger partial charge in [0.05, 0.1) is 73.2 Å². The Labute approximate surface area is 580 Å². The average molecular weight is 1370 g/mol. The number of para-hydroxylation sites is 3. The number of nitrogens with one attached hydrogen (secondary N) is 1. The summed E-state index contributed by atoms with van der Waals surface area (Å²) in [6.45, 7) is 8.44. The van der Waals surface area contributed by atoms with Gasteiger partial charge in [-0.2, -0.15) is 0 Å². The van der Waals surface area contributed by atoms with Crippen molar-refractivity contribution in [3.63, 3.8) is 0 Å². The zero-order valence-electron chi connectivity index (χ0n) is 57.1. The molecule has 3 fully saturated rings. The number of carboxylic acid groups (broad SMARTS) is 3. The van der Waals surface area contributed by atoms with Crippen molar-refractivity contribution in [2.24, 2.45) is 0 Å². The molecule has 0 saturated carbocycles. The van der Waals surface area contributed by atoms with E-state index in [9.17, 15) is 28.8 Å². The first-order valence-electron chi connectivity index (χ1n) is 33.8. The number of esters is 3. The van der Waals surface area contributed by atoms with Gasteiger partial charge in [-0.3, -0.25) is 43.5 Å². The van der Waals surface area contributed by atoms with Crippen LogP contribution in [0.1, 0.15) is 84.7 Å². The Morgan fingerprint density at radius 3 is 1.12 bits per heavy atom. The van der Waals surface area contributed by atoms with E-state index in [0.29, 0.717) is 33.0 Å². The van der Waals surface area contributed by atoms with E-state index < -0.39 is 54.1 Å². The molecule has 0 aromatic heterocycles. The molecule has 3 heterocycles. The van der Waals surface area contributed by atoms with Gasteiger partial charge in [0.1, 0.15) is 72.6 Å². The highest BCUT2D eigenvalue weighted by atomic mass is 16.6. The third kappa shape index (κ3) is 29.8. The van der Waals surface area contributed by atoms with Gasteiger partial charge >= 0.3 is 35.8 Å². The van der Waals surface area contributed by atoms with E-state index in [1.807, 2.05) is 132 Å². The van der Waals surface area contributed by atoms with Crippen LogP contribution >= 0.6 is 0 Å². The van der Waals surface area contributed by atoms with Crippen LogP contribution < -0.4 is 33.7 Å². The molecule has 3 aliphatic heterocycles. The van der Waals surface area contributed by atoms with Crippen LogP contribution in [-0.4, -0.2) is 198 Å². The van der Waals surface area contributed by atoms with Gasteiger partial charge in [-0.25, -0.2) is 0 Å². The fourth-order valence-electron chi connectivity index (χ4n) is 11.3. The Bertz CT molecular complexity index is 3090. The number of rotatable bonds is 39. The number of hydrogen-bond acceptors (Lipinski definition) is 20. The molecule has 23 heteroatoms. The molecule has 6 aromatic rings. The van der Waals surface area contributed by atoms with E-state index in [0.717, 1.165) is 142 Å². The lowest BCUT2D eigenvalue weighted by atomic mass is 10.0. The minimum absolute atomic E-state index is 0.136. The fourth-order valence-corrected chi connectivity index (χ4v) is 11.3. The second-order valence-electron chi connectivity index (χ2n) is 24.2. The van der Waals surface area contributed by atoms with Crippen molar-refractivity contribution in [2.75, 3.05) is 114 Å². The van der Waals surface area contributed by atoms with Gasteiger partial charge in [0, 0.05) is 45.9 Å². The summed E-state index contributed by atoms with van der Waals surface area (Å²) in [5.41, 5.74) is 6.74. The van der Waals surface area contributed by atoms with Crippen molar-refractivity contribution in [1.82, 2.24) is 20.0 Å². The number of benzene rings is 6. The lowest BCUT2D eigenvalue weighted by Crippen LogP contribution is -2.38. The summed E-state index contributed by atoms with van der Waals surface area (Å²) < 4.78 is 56.3. The second kappa shape index (κ2) is 43.2. The topological polar surface area (TPSA) is 277 Å². The highest BCUT2D eigenvalue weighted by Gasteiger charge is 2.26. The molecule has 4 N–H and O–H groups in total. The first-order valence-corrected chi connectivity index (χ1v) is 33.8. The molecule has 9 rings (SSSR count). The number of carboxylic acids is 3. The molecule has 3 unspecified atom stereocenters. The second-order valence-corrected chi connectivity index (χ2v) is 24.2. The van der Waals surface area contributed by atoms with E-state index in [1.165, 1.54) is 16.7 Å². The number of likely N-dealkylation sites (tertiary alicyclic amines) is 1. The quantitative estimate of drug-likeness (QED) is 0.0207. The van der Waals surface area contributed by atoms with Crippen LogP contribution in [-0.2, 0) is 86.2 Å². The van der Waals surface area contributed by atoms with E-state index in [4.69, 9.17) is 62.7 Å². The van der Waals surface area contributed by atoms with Crippen LogP contribution in [0.5, 0.6) is 34.5 Å². The molecule has 99 heavy (non-hydrogen) atoms. The number of carbonyl (C=O) groups is 6. The SMILES string of the molecule is COc1cccc(CCc2ccccc2OCC(CN2CCCC2)OC(=O)CCC(=O)O)c1.COc1cccc(CCc2ccccc2OCC(CN2CCNC2)OC(=O)CCC(=O)O)c1.COc1cccc(CCc2ccccc2OCC(CN2CCOC2)OC(=O)CCC(=O)O)c1. The standard InChI is InChI=1S/C26H33NO6.C25H32N2O6.C25H31NO7/c1-31-22-9-6-7-20(17-22)11-12-21-8-2-3-10-24(21)32-19-23(18-27-15-4-5-16-27)33-26(30)14-13-25(28)29;1-31-21-7-4-5-19(15-21)9-10-20-6-2-3-8-23(20)32-17-22(16-27-14-13-26-18-27)33-25(30)12-11-24(28)29;1-30-21-7-4-5-19(15-21)9-10-20-6-2-3-8-23(20)32-17-22(16-26-13-14-31-18-26)33-25(29)12-11-24(27)28/h2-3,6-10,17,23H,4-5,11-16,18-19H2,1H3,(H,28,29);2-8,15,22,26H,9-14,16-18H2,1H3,(H,28,29);2-8,15,22H,9-14,16-18H2,1H3,(H,27,28). The number of aryl methyl sites for hydroxylation is 6. The highest BCUT2D eigenvalue weighted by molar-refractivity contribution is 5.78. The molecule has 3 aliphatic rings. The fraction of sp³-hybridized carbons (Fsp3) is 0.447. The van der Waals surface area contributed by atoms with Crippen molar-refractivity contribution in [1.29, 1.82) is 0 Å². The van der Waals surface area contributed by atoms with Gasteiger partial charge < -0.3 is 68.0 Å². The van der Waals surface area contributed by atoms with Crippen LogP contribution in [0.3, 0.4) is 0 Å². The Morgan fingerprint density at radius 1 is 0.424 bits per heavy atom. The molecule has 0 aliphatic carbocycles. The summed E-state index contributed by atoms with van der Waals surface area (Å²) in [6, 6.07) is 47.6. The van der Waals surface area contributed by atoms with Gasteiger partial charge in [0.15, 0.2) is 0 Å². The molecule has 3 saturated heterocycles. The van der Waals surface area contributed by atoms with Crippen LogP contribution in [0.25, 0.3) is 0 Å². The summed E-state index contributed by atoms with van der Waals surface area (Å²) >= 11 is 0. The number of hydrogen-bond donors (Lipinski definition) is 4. The highest BCUT2D eigenvalue weighted by Crippen LogP contribution is 2.26. The smallest absolute Gasteiger partial charge is 0.306 e. The molecule has 534 valence electrons. The van der Waals surface area contributed by atoms with Gasteiger partial charge in [-0.15, -0.1) is 0 Å². The van der Waals surface area contributed by atoms with E-state index in [2.05, 4.69) is 33.3 Å². The molecule has 0 radical (unpaired) electrons. The summed E-state index contributed by atoms with van der Waals surface area (Å²) in [6.07, 6.45) is 4.51. The summed E-state index contributed by atoms with van der Waals surface area (Å²) in [5.74, 6) is 0.140. The van der Waals surface area contributed by atoms with Crippen molar-refractivity contribution in [2.45, 2.75) is 108 Å². The predicted molar refractivity (Wildman–Crippen MR) is 370 cm³/mol. The van der Waals surface area contributed by atoms with E-state index >= 15 is 0 Å². The van der Waals surface area contributed by atoms with Gasteiger partial charge in [0.2, 0.25) is 0 Å². The largest absolute Gasteiger partial charge is 0.497 e. The van der Waals surface area contributed by atoms with Crippen LogP contribution in [0.2, 0.25) is 0 Å². The van der Waals surface area contributed by atoms with Gasteiger partial charge in [0.25, 0.3) is 0 Å². The van der Waals surface area contributed by atoms with E-state index in [1.54, 1.807) is 21.3 Å². The maximum atomic E-state index is 12.2. The van der Waals surface area contributed by atoms with E-state index in [-0.39, 0.29) is 58.3 Å². The molecule has 23 nitrogen and oxygen atoms in total. The molecule has 0 bridgehead atoms. The first-order chi connectivity index (χ1) is 48.1. The maximum absolute atomic E-state index is 12.2. The lowest BCUT2D eigenvalue weighted by Gasteiger charge is -2.24. The Morgan fingerprint density at radius 2 is 0.788 bits per heavy atom. The molecule has 3 atom stereocenters. The number of ether oxygens (including phenoxy) is 10. The molecule has 6 aromatic carbocycles. The Balaban J connectivity index is 0.000000209. The van der Waals surface area contributed by atoms with Crippen molar-refractivity contribution in [3.05, 3.63) is 179 Å². The Kier molecular flexibility index (Phi) is 33.6. The monoisotopic (exact) mass is 1370 g/mol. The average Bonchev–Trinajstić information content (AvgIpc) is 1.42. The van der Waals surface area contributed by atoms with Crippen molar-refractivity contribution in [3.8, 4) is 34.5 Å². The molecule has 0 amide bonds. The summed E-state index contributed by atoms with van der Waals surface area (Å²) in [4.78, 5) is 75.1. The summed E-state index contributed by atoms with van der Waals surface area (Å²) in [7, 11) is 4.97. The number of aliphatic carboxylic acids is 3. The van der Waals surface area contributed by atoms with Gasteiger partial charge in [-0.05, 0) is 152 Å². The third-order valence-electron chi connectivity index (χ3n) is 16.5. The third-order valence-corrected chi connectivity index (χ3v) is 16.5. The zero-order valence-corrected chi connectivity index (χ0v) is 57.1. The van der Waals surface area contributed by atoms with Crippen LogP contribution in [0, 0.1) is 0 Å². The normalized spacial score (nSPS) is 14.6. The molecular weight excluding hydrogens is 1270 g/mol.